The smallest absolute Gasteiger partial charge is 0.304 e. The van der Waals surface area contributed by atoms with Crippen LogP contribution in [-0.4, -0.2) is 51.5 Å². The van der Waals surface area contributed by atoms with Crippen LogP contribution in [0.2, 0.25) is 0 Å². The summed E-state index contributed by atoms with van der Waals surface area (Å²) in [6.45, 7) is -2.20. The minimum atomic E-state index is -1.66. The topological polar surface area (TPSA) is 133 Å². The fourth-order valence-electron chi connectivity index (χ4n) is 1.38. The molecular weight excluding hydrogens is 275 g/mol. The van der Waals surface area contributed by atoms with Crippen LogP contribution in [0.5, 0.6) is 0 Å². The van der Waals surface area contributed by atoms with Gasteiger partial charge in [-0.05, 0) is 12.1 Å². The van der Waals surface area contributed by atoms with Crippen molar-refractivity contribution in [2.24, 2.45) is 0 Å². The van der Waals surface area contributed by atoms with E-state index in [4.69, 9.17) is 15.3 Å². The van der Waals surface area contributed by atoms with Crippen molar-refractivity contribution >= 4 is 11.6 Å². The van der Waals surface area contributed by atoms with E-state index in [1.54, 1.807) is 0 Å². The van der Waals surface area contributed by atoms with E-state index in [9.17, 15) is 19.3 Å². The first kappa shape index (κ1) is 16.0. The zero-order chi connectivity index (χ0) is 15.3. The molecule has 0 fully saturated rings. The number of rotatable bonds is 6. The molecule has 1 aromatic rings. The predicted octanol–water partition coefficient (Wildman–Crippen LogP) is -0.821. The van der Waals surface area contributed by atoms with Crippen LogP contribution >= 0.6 is 0 Å². The molecule has 0 atom stereocenters. The van der Waals surface area contributed by atoms with E-state index in [0.29, 0.717) is 6.07 Å². The summed E-state index contributed by atoms with van der Waals surface area (Å²) in [5.74, 6) is -2.08. The first-order chi connectivity index (χ1) is 9.39. The van der Waals surface area contributed by atoms with Crippen LogP contribution in [0, 0.1) is 15.9 Å². The lowest BCUT2D eigenvalue weighted by Gasteiger charge is -2.28. The summed E-state index contributed by atoms with van der Waals surface area (Å²) in [5, 5.41) is 39.7. The Hall–Kier alpha value is -2.10. The number of benzene rings is 1. The van der Waals surface area contributed by atoms with Crippen molar-refractivity contribution in [2.45, 2.75) is 5.54 Å². The van der Waals surface area contributed by atoms with Crippen LogP contribution in [0.25, 0.3) is 0 Å². The minimum Gasteiger partial charge on any atom is -0.394 e. The van der Waals surface area contributed by atoms with Crippen LogP contribution in [0.15, 0.2) is 18.2 Å². The zero-order valence-electron chi connectivity index (χ0n) is 10.2. The molecule has 0 heterocycles. The van der Waals surface area contributed by atoms with Gasteiger partial charge in [0.1, 0.15) is 5.54 Å². The van der Waals surface area contributed by atoms with Crippen LogP contribution in [0.1, 0.15) is 10.4 Å². The molecule has 0 radical (unpaired) electrons. The van der Waals surface area contributed by atoms with Crippen molar-refractivity contribution in [3.63, 3.8) is 0 Å². The third-order valence-corrected chi connectivity index (χ3v) is 2.69. The molecule has 9 heteroatoms. The Morgan fingerprint density at radius 2 is 1.85 bits per heavy atom. The van der Waals surface area contributed by atoms with Crippen LogP contribution < -0.4 is 5.32 Å². The third kappa shape index (κ3) is 3.26. The lowest BCUT2D eigenvalue weighted by atomic mass is 10.0. The predicted molar refractivity (Wildman–Crippen MR) is 64.5 cm³/mol. The van der Waals surface area contributed by atoms with E-state index in [1.807, 2.05) is 0 Å². The van der Waals surface area contributed by atoms with Crippen molar-refractivity contribution in [3.8, 4) is 0 Å². The molecule has 20 heavy (non-hydrogen) atoms. The van der Waals surface area contributed by atoms with Crippen molar-refractivity contribution in [1.29, 1.82) is 0 Å². The number of carbonyl (C=O) groups excluding carboxylic acids is 1. The number of hydrogen-bond acceptors (Lipinski definition) is 6. The molecular formula is C11H13FN2O6. The van der Waals surface area contributed by atoms with E-state index in [1.165, 1.54) is 0 Å². The monoisotopic (exact) mass is 288 g/mol. The Morgan fingerprint density at radius 3 is 2.25 bits per heavy atom. The second-order valence-electron chi connectivity index (χ2n) is 4.13. The quantitative estimate of drug-likeness (QED) is 0.399. The van der Waals surface area contributed by atoms with E-state index >= 15 is 0 Å². The summed E-state index contributed by atoms with van der Waals surface area (Å²) in [4.78, 5) is 21.3. The Balaban J connectivity index is 2.99. The molecule has 0 aliphatic rings. The number of halogens is 1. The Bertz CT molecular complexity index is 509. The second-order valence-corrected chi connectivity index (χ2v) is 4.13. The largest absolute Gasteiger partial charge is 0.394 e. The summed E-state index contributed by atoms with van der Waals surface area (Å²) in [6, 6.07) is 2.50. The second kappa shape index (κ2) is 6.37. The van der Waals surface area contributed by atoms with Crippen LogP contribution in [0.4, 0.5) is 10.1 Å². The number of nitrogens with zero attached hydrogens (tertiary/aromatic N) is 1. The van der Waals surface area contributed by atoms with Crippen LogP contribution in [0.3, 0.4) is 0 Å². The maximum atomic E-state index is 13.4. The van der Waals surface area contributed by atoms with Gasteiger partial charge < -0.3 is 20.6 Å². The van der Waals surface area contributed by atoms with Crippen molar-refractivity contribution < 1.29 is 29.4 Å². The summed E-state index contributed by atoms with van der Waals surface area (Å²) < 4.78 is 13.4. The molecule has 0 saturated carbocycles. The van der Waals surface area contributed by atoms with Gasteiger partial charge in [0.2, 0.25) is 5.82 Å². The fraction of sp³-hybridized carbons (Fsp3) is 0.364. The molecule has 1 rings (SSSR count). The van der Waals surface area contributed by atoms with Crippen molar-refractivity contribution in [1.82, 2.24) is 5.32 Å². The van der Waals surface area contributed by atoms with Gasteiger partial charge in [-0.15, -0.1) is 0 Å². The average molecular weight is 288 g/mol. The van der Waals surface area contributed by atoms with E-state index in [2.05, 4.69) is 5.32 Å². The first-order valence-electron chi connectivity index (χ1n) is 5.48. The molecule has 0 aromatic heterocycles. The highest BCUT2D eigenvalue weighted by molar-refractivity contribution is 5.95. The molecule has 0 unspecified atom stereocenters. The number of carbonyl (C=O) groups is 1. The van der Waals surface area contributed by atoms with Gasteiger partial charge in [-0.25, -0.2) is 0 Å². The lowest BCUT2D eigenvalue weighted by Crippen LogP contribution is -2.57. The highest BCUT2D eigenvalue weighted by atomic mass is 19.1. The van der Waals surface area contributed by atoms with E-state index in [-0.39, 0.29) is 5.56 Å². The Morgan fingerprint density at radius 1 is 1.30 bits per heavy atom. The molecule has 1 amide bonds. The number of nitro groups is 1. The zero-order valence-corrected chi connectivity index (χ0v) is 10.2. The Kier molecular flexibility index (Phi) is 5.08. The molecule has 0 aliphatic carbocycles. The molecule has 8 nitrogen and oxygen atoms in total. The number of hydrogen-bond donors (Lipinski definition) is 4. The minimum absolute atomic E-state index is 0.243. The highest BCUT2D eigenvalue weighted by Crippen LogP contribution is 2.18. The number of aliphatic hydroxyl groups is 3. The number of nitrogens with one attached hydrogen (secondary N) is 1. The standard InChI is InChI=1S/C11H13FN2O6/c12-8-3-7(1-2-9(8)14(19)20)10(18)13-11(4-15,5-16)6-17/h1-3,15-17H,4-6H2,(H,13,18). The van der Waals surface area contributed by atoms with Crippen molar-refractivity contribution in [2.75, 3.05) is 19.8 Å². The van der Waals surface area contributed by atoms with E-state index < -0.39 is 47.7 Å². The van der Waals surface area contributed by atoms with Gasteiger partial charge in [-0.1, -0.05) is 0 Å². The summed E-state index contributed by atoms with van der Waals surface area (Å²) >= 11 is 0. The maximum Gasteiger partial charge on any atom is 0.304 e. The van der Waals surface area contributed by atoms with Gasteiger partial charge in [0.15, 0.2) is 0 Å². The van der Waals surface area contributed by atoms with Gasteiger partial charge in [0.05, 0.1) is 24.7 Å². The SMILES string of the molecule is O=C(NC(CO)(CO)CO)c1ccc([N+](=O)[O-])c(F)c1. The molecule has 0 bridgehead atoms. The Labute approximate surface area is 112 Å². The van der Waals surface area contributed by atoms with Gasteiger partial charge in [0.25, 0.3) is 5.91 Å². The maximum absolute atomic E-state index is 13.4. The number of nitro benzene ring substituents is 1. The van der Waals surface area contributed by atoms with Gasteiger partial charge >= 0.3 is 5.69 Å². The summed E-state index contributed by atoms with van der Waals surface area (Å²) in [6.07, 6.45) is 0. The molecule has 110 valence electrons. The molecule has 0 saturated heterocycles. The molecule has 4 N–H and O–H groups in total. The number of aliphatic hydroxyl groups excluding tert-OH is 3. The van der Waals surface area contributed by atoms with Gasteiger partial charge in [-0.2, -0.15) is 4.39 Å². The van der Waals surface area contributed by atoms with Gasteiger partial charge in [0, 0.05) is 11.6 Å². The summed E-state index contributed by atoms with van der Waals surface area (Å²) in [7, 11) is 0. The molecule has 0 spiro atoms. The lowest BCUT2D eigenvalue weighted by molar-refractivity contribution is -0.387. The normalized spacial score (nSPS) is 11.2. The first-order valence-corrected chi connectivity index (χ1v) is 5.48. The van der Waals surface area contributed by atoms with Crippen molar-refractivity contribution in [3.05, 3.63) is 39.7 Å². The van der Waals surface area contributed by atoms with Gasteiger partial charge in [-0.3, -0.25) is 14.9 Å². The fourth-order valence-corrected chi connectivity index (χ4v) is 1.38. The molecule has 0 aliphatic heterocycles. The third-order valence-electron chi connectivity index (χ3n) is 2.69. The summed E-state index contributed by atoms with van der Waals surface area (Å²) in [5.41, 5.74) is -2.68. The van der Waals surface area contributed by atoms with E-state index in [0.717, 1.165) is 12.1 Å². The molecule has 1 aromatic carbocycles. The van der Waals surface area contributed by atoms with Crippen LogP contribution in [-0.2, 0) is 0 Å². The average Bonchev–Trinajstić information content (AvgIpc) is 2.44. The number of amides is 1. The highest BCUT2D eigenvalue weighted by Gasteiger charge is 2.30.